The van der Waals surface area contributed by atoms with Crippen LogP contribution in [0.3, 0.4) is 0 Å². The van der Waals surface area contributed by atoms with Crippen molar-refractivity contribution in [2.75, 3.05) is 0 Å². The summed E-state index contributed by atoms with van der Waals surface area (Å²) in [6.45, 7) is 1.63. The van der Waals surface area contributed by atoms with Gasteiger partial charge in [-0.1, -0.05) is 30.3 Å². The maximum absolute atomic E-state index is 11.5. The van der Waals surface area contributed by atoms with Crippen molar-refractivity contribution in [2.24, 2.45) is 4.99 Å². The Morgan fingerprint density at radius 2 is 1.93 bits per heavy atom. The van der Waals surface area contributed by atoms with Crippen molar-refractivity contribution in [1.29, 1.82) is 0 Å². The van der Waals surface area contributed by atoms with Crippen LogP contribution in [-0.4, -0.2) is 11.9 Å². The number of amidine groups is 1. The van der Waals surface area contributed by atoms with Crippen molar-refractivity contribution in [2.45, 2.75) is 12.5 Å². The van der Waals surface area contributed by atoms with E-state index >= 15 is 0 Å². The van der Waals surface area contributed by atoms with Crippen LogP contribution in [-0.2, 0) is 10.3 Å². The van der Waals surface area contributed by atoms with Gasteiger partial charge < -0.3 is 10.4 Å². The summed E-state index contributed by atoms with van der Waals surface area (Å²) in [5, 5.41) is 13.1. The molecule has 1 heterocycles. The van der Waals surface area contributed by atoms with Gasteiger partial charge in [-0.15, -0.1) is 0 Å². The molecule has 0 saturated heterocycles. The Hall–Kier alpha value is -0.840. The first-order chi connectivity index (χ1) is 6.63. The molecule has 1 atom stereocenters. The van der Waals surface area contributed by atoms with Gasteiger partial charge in [-0.3, -0.25) is 9.79 Å². The molecule has 1 aliphatic heterocycles. The van der Waals surface area contributed by atoms with Gasteiger partial charge in [0, 0.05) is 0 Å². The van der Waals surface area contributed by atoms with Gasteiger partial charge in [0.05, 0.1) is 6.02 Å². The number of aliphatic imine (C=N–C) groups is 1. The summed E-state index contributed by atoms with van der Waals surface area (Å²) in [6, 6.07) is 8.46. The molecule has 1 unspecified atom stereocenters. The number of amides is 1. The fourth-order valence-electron chi connectivity index (χ4n) is 1.46. The van der Waals surface area contributed by atoms with E-state index in [9.17, 15) is 9.90 Å². The number of rotatable bonds is 1. The van der Waals surface area contributed by atoms with Crippen molar-refractivity contribution >= 4 is 11.9 Å². The fourth-order valence-corrected chi connectivity index (χ4v) is 1.46. The van der Waals surface area contributed by atoms with Gasteiger partial charge in [0.15, 0.2) is 5.54 Å². The van der Waals surface area contributed by atoms with E-state index in [0.717, 1.165) is 5.56 Å². The van der Waals surface area contributed by atoms with Crippen LogP contribution in [0.2, 0.25) is 0 Å². The second-order valence-electron chi connectivity index (χ2n) is 3.31. The molecule has 15 heavy (non-hydrogen) atoms. The Kier molecular flexibility index (Phi) is 3.54. The molecule has 0 bridgehead atoms. The zero-order valence-electron chi connectivity index (χ0n) is 8.65. The van der Waals surface area contributed by atoms with Crippen LogP contribution in [0, 0.1) is 0 Å². The summed E-state index contributed by atoms with van der Waals surface area (Å²) in [5.74, 6) is -0.367. The molecule has 0 aromatic heterocycles. The molecule has 0 fully saturated rings. The van der Waals surface area contributed by atoms with E-state index in [0.29, 0.717) is 0 Å². The third-order valence-electron chi connectivity index (χ3n) is 2.32. The van der Waals surface area contributed by atoms with Crippen LogP contribution in [0.25, 0.3) is 0 Å². The maximum Gasteiger partial charge on any atom is 1.00 e. The number of nitrogens with one attached hydrogen (secondary N) is 1. The Labute approximate surface area is 110 Å². The standard InChI is InChI=1S/C10H10N2O2.Na/c1-10(7-5-3-2-4-6-7)8(13)11-9(14)12-10;/h2-6H,1H3,(H2,11,12,13,14);/q;+1/p-1. The molecule has 5 heteroatoms. The van der Waals surface area contributed by atoms with Gasteiger partial charge in [-0.25, -0.2) is 0 Å². The van der Waals surface area contributed by atoms with Crippen molar-refractivity contribution < 1.29 is 39.5 Å². The molecule has 1 amide bonds. The van der Waals surface area contributed by atoms with E-state index < -0.39 is 11.6 Å². The Bertz CT molecular complexity index is 405. The third kappa shape index (κ3) is 2.07. The fraction of sp³-hybridized carbons (Fsp3) is 0.200. The average molecular weight is 212 g/mol. The number of carbonyl (C=O) groups excluding carboxylic acids is 1. The molecule has 0 saturated carbocycles. The quantitative estimate of drug-likeness (QED) is 0.497. The van der Waals surface area contributed by atoms with Crippen molar-refractivity contribution in [3.8, 4) is 0 Å². The van der Waals surface area contributed by atoms with Crippen LogP contribution >= 0.6 is 0 Å². The Balaban J connectivity index is 0.00000112. The molecular weight excluding hydrogens is 203 g/mol. The predicted molar refractivity (Wildman–Crippen MR) is 49.4 cm³/mol. The van der Waals surface area contributed by atoms with E-state index in [1.54, 1.807) is 19.1 Å². The Morgan fingerprint density at radius 1 is 1.33 bits per heavy atom. The van der Waals surface area contributed by atoms with Crippen LogP contribution in [0.15, 0.2) is 35.3 Å². The molecule has 2 rings (SSSR count). The van der Waals surface area contributed by atoms with E-state index in [2.05, 4.69) is 10.3 Å². The minimum Gasteiger partial charge on any atom is -0.846 e. The van der Waals surface area contributed by atoms with Crippen molar-refractivity contribution in [1.82, 2.24) is 5.32 Å². The van der Waals surface area contributed by atoms with Crippen LogP contribution in [0.5, 0.6) is 0 Å². The zero-order valence-corrected chi connectivity index (χ0v) is 10.7. The van der Waals surface area contributed by atoms with Crippen molar-refractivity contribution in [3.05, 3.63) is 35.9 Å². The van der Waals surface area contributed by atoms with E-state index in [4.69, 9.17) is 0 Å². The molecule has 0 spiro atoms. The first-order valence-corrected chi connectivity index (χ1v) is 4.27. The number of hydrogen-bond donors (Lipinski definition) is 1. The first kappa shape index (κ1) is 12.2. The molecule has 72 valence electrons. The maximum atomic E-state index is 11.5. The van der Waals surface area contributed by atoms with E-state index in [-0.39, 0.29) is 35.5 Å². The van der Waals surface area contributed by atoms with Crippen LogP contribution < -0.4 is 40.0 Å². The molecular formula is C10H9N2NaO2. The normalized spacial score (nSPS) is 24.1. The van der Waals surface area contributed by atoms with Crippen LogP contribution in [0.4, 0.5) is 0 Å². The molecule has 4 nitrogen and oxygen atoms in total. The first-order valence-electron chi connectivity index (χ1n) is 4.27. The minimum atomic E-state index is -1.06. The number of benzene rings is 1. The topological polar surface area (TPSA) is 64.5 Å². The largest absolute Gasteiger partial charge is 1.00 e. The van der Waals surface area contributed by atoms with Crippen LogP contribution in [0.1, 0.15) is 12.5 Å². The zero-order chi connectivity index (χ0) is 10.2. The van der Waals surface area contributed by atoms with Gasteiger partial charge in [-0.2, -0.15) is 0 Å². The Morgan fingerprint density at radius 3 is 2.40 bits per heavy atom. The van der Waals surface area contributed by atoms with Gasteiger partial charge in [0.25, 0.3) is 5.91 Å². The molecule has 0 aliphatic carbocycles. The number of nitrogens with zero attached hydrogens (tertiary/aromatic N) is 1. The summed E-state index contributed by atoms with van der Waals surface area (Å²) in [7, 11) is 0. The summed E-state index contributed by atoms with van der Waals surface area (Å²) in [4.78, 5) is 15.3. The van der Waals surface area contributed by atoms with E-state index in [1.807, 2.05) is 18.2 Å². The van der Waals surface area contributed by atoms with E-state index in [1.165, 1.54) is 0 Å². The minimum absolute atomic E-state index is 0. The summed E-state index contributed by atoms with van der Waals surface area (Å²) < 4.78 is 0. The second kappa shape index (κ2) is 4.35. The molecule has 1 aromatic rings. The number of carbonyl (C=O) groups is 1. The molecule has 1 N–H and O–H groups in total. The SMILES string of the molecule is CC1(c2ccccc2)N=C([O-])NC1=O.[Na+]. The van der Waals surface area contributed by atoms with Crippen molar-refractivity contribution in [3.63, 3.8) is 0 Å². The van der Waals surface area contributed by atoms with Gasteiger partial charge in [0.2, 0.25) is 0 Å². The predicted octanol–water partition coefficient (Wildman–Crippen LogP) is -3.25. The van der Waals surface area contributed by atoms with Gasteiger partial charge in [0.1, 0.15) is 0 Å². The smallest absolute Gasteiger partial charge is 0.846 e. The average Bonchev–Trinajstić information content (AvgIpc) is 2.43. The van der Waals surface area contributed by atoms with Gasteiger partial charge >= 0.3 is 29.6 Å². The number of hydrogen-bond acceptors (Lipinski definition) is 3. The molecule has 0 radical (unpaired) electrons. The summed E-state index contributed by atoms with van der Waals surface area (Å²) in [6.07, 6.45) is 0. The summed E-state index contributed by atoms with van der Waals surface area (Å²) >= 11 is 0. The van der Waals surface area contributed by atoms with Gasteiger partial charge in [-0.05, 0) is 12.5 Å². The monoisotopic (exact) mass is 212 g/mol. The third-order valence-corrected chi connectivity index (χ3v) is 2.32. The molecule has 1 aliphatic rings. The second-order valence-corrected chi connectivity index (χ2v) is 3.31. The molecule has 1 aromatic carbocycles. The summed E-state index contributed by atoms with van der Waals surface area (Å²) in [5.41, 5.74) is -0.332.